The summed E-state index contributed by atoms with van der Waals surface area (Å²) in [6, 6.07) is 10.8. The third-order valence-electron chi connectivity index (χ3n) is 5.90. The van der Waals surface area contributed by atoms with Crippen LogP contribution in [0.2, 0.25) is 10.0 Å². The first kappa shape index (κ1) is 23.1. The van der Waals surface area contributed by atoms with Gasteiger partial charge >= 0.3 is 0 Å². The molecule has 162 valence electrons. The summed E-state index contributed by atoms with van der Waals surface area (Å²) in [5.41, 5.74) is 3.30. The minimum Gasteiger partial charge on any atom is -0.394 e. The van der Waals surface area contributed by atoms with Crippen LogP contribution in [-0.2, 0) is 24.1 Å². The summed E-state index contributed by atoms with van der Waals surface area (Å²) in [7, 11) is 0. The van der Waals surface area contributed by atoms with E-state index in [0.717, 1.165) is 12.0 Å². The zero-order valence-corrected chi connectivity index (χ0v) is 19.2. The Bertz CT molecular complexity index is 903. The number of rotatable bonds is 6. The second-order valence-corrected chi connectivity index (χ2v) is 9.51. The number of benzene rings is 2. The molecule has 0 spiro atoms. The summed E-state index contributed by atoms with van der Waals surface area (Å²) in [6.07, 6.45) is 2.07. The van der Waals surface area contributed by atoms with Gasteiger partial charge in [0, 0.05) is 10.0 Å². The number of nitrogens with zero attached hydrogens (tertiary/aromatic N) is 1. The van der Waals surface area contributed by atoms with Crippen LogP contribution >= 0.6 is 23.2 Å². The third kappa shape index (κ3) is 5.00. The fourth-order valence-electron chi connectivity index (χ4n) is 4.29. The van der Waals surface area contributed by atoms with E-state index in [2.05, 4.69) is 6.07 Å². The maximum atomic E-state index is 13.3. The van der Waals surface area contributed by atoms with Crippen LogP contribution in [0.4, 0.5) is 0 Å². The van der Waals surface area contributed by atoms with Gasteiger partial charge < -0.3 is 15.1 Å². The van der Waals surface area contributed by atoms with Gasteiger partial charge in [-0.25, -0.2) is 0 Å². The Balaban J connectivity index is 1.90. The van der Waals surface area contributed by atoms with Gasteiger partial charge in [-0.3, -0.25) is 4.79 Å². The van der Waals surface area contributed by atoms with E-state index in [1.165, 1.54) is 11.1 Å². The first-order valence-corrected chi connectivity index (χ1v) is 11.1. The van der Waals surface area contributed by atoms with Crippen molar-refractivity contribution in [2.45, 2.75) is 64.1 Å². The molecule has 1 amide bonds. The number of hydrogen-bond acceptors (Lipinski definition) is 3. The van der Waals surface area contributed by atoms with Crippen LogP contribution in [0.5, 0.6) is 0 Å². The number of fused-ring (bicyclic) bond motifs is 1. The molecule has 1 heterocycles. The fourth-order valence-corrected chi connectivity index (χ4v) is 4.82. The number of aliphatic hydroxyl groups is 2. The van der Waals surface area contributed by atoms with Crippen molar-refractivity contribution in [2.24, 2.45) is 0 Å². The highest BCUT2D eigenvalue weighted by Gasteiger charge is 2.36. The standard InChI is InChI=1S/C24H29Cl2NO3/c1-15-18-7-4-6-16(10-11-24(2,3)30)19(18)12-17(14-28)27(15)23(29)13-20-21(25)8-5-9-22(20)26/h4-9,15,17,28,30H,10-14H2,1-3H3/t15-,17+/m0/s1. The Hall–Kier alpha value is -1.59. The summed E-state index contributed by atoms with van der Waals surface area (Å²) in [6.45, 7) is 5.49. The van der Waals surface area contributed by atoms with Gasteiger partial charge in [0.25, 0.3) is 0 Å². The Labute approximate surface area is 188 Å². The van der Waals surface area contributed by atoms with Gasteiger partial charge in [0.05, 0.1) is 30.7 Å². The van der Waals surface area contributed by atoms with E-state index in [1.807, 2.05) is 32.9 Å². The predicted molar refractivity (Wildman–Crippen MR) is 121 cm³/mol. The van der Waals surface area contributed by atoms with Crippen molar-refractivity contribution in [1.82, 2.24) is 4.90 Å². The lowest BCUT2D eigenvalue weighted by molar-refractivity contribution is -0.137. The van der Waals surface area contributed by atoms with Crippen LogP contribution in [0.3, 0.4) is 0 Å². The van der Waals surface area contributed by atoms with Crippen LogP contribution in [-0.4, -0.2) is 39.3 Å². The minimum absolute atomic E-state index is 0.0903. The second-order valence-electron chi connectivity index (χ2n) is 8.69. The van der Waals surface area contributed by atoms with E-state index >= 15 is 0 Å². The van der Waals surface area contributed by atoms with Gasteiger partial charge in [-0.15, -0.1) is 0 Å². The maximum Gasteiger partial charge on any atom is 0.227 e. The van der Waals surface area contributed by atoms with Crippen LogP contribution < -0.4 is 0 Å². The number of aliphatic hydroxyl groups excluding tert-OH is 1. The molecule has 0 saturated heterocycles. The normalized spacial score (nSPS) is 19.0. The van der Waals surface area contributed by atoms with Crippen molar-refractivity contribution < 1.29 is 15.0 Å². The first-order valence-electron chi connectivity index (χ1n) is 10.3. The highest BCUT2D eigenvalue weighted by molar-refractivity contribution is 6.36. The Kier molecular flexibility index (Phi) is 7.13. The van der Waals surface area contributed by atoms with Crippen molar-refractivity contribution in [3.8, 4) is 0 Å². The van der Waals surface area contributed by atoms with E-state index in [9.17, 15) is 15.0 Å². The van der Waals surface area contributed by atoms with Crippen LogP contribution in [0.1, 0.15) is 55.5 Å². The molecule has 0 radical (unpaired) electrons. The second kappa shape index (κ2) is 9.27. The predicted octanol–water partition coefficient (Wildman–Crippen LogP) is 4.75. The third-order valence-corrected chi connectivity index (χ3v) is 6.61. The number of carbonyl (C=O) groups is 1. The molecule has 2 aromatic rings. The largest absolute Gasteiger partial charge is 0.394 e. The van der Waals surface area contributed by atoms with Crippen molar-refractivity contribution in [3.63, 3.8) is 0 Å². The van der Waals surface area contributed by atoms with Crippen LogP contribution in [0, 0.1) is 0 Å². The van der Waals surface area contributed by atoms with Gasteiger partial charge in [-0.1, -0.05) is 47.5 Å². The lowest BCUT2D eigenvalue weighted by Crippen LogP contribution is -2.49. The molecule has 2 N–H and O–H groups in total. The Morgan fingerprint density at radius 2 is 1.80 bits per heavy atom. The summed E-state index contributed by atoms with van der Waals surface area (Å²) in [5, 5.41) is 21.1. The Morgan fingerprint density at radius 3 is 2.40 bits per heavy atom. The molecular weight excluding hydrogens is 421 g/mol. The zero-order valence-electron chi connectivity index (χ0n) is 17.7. The van der Waals surface area contributed by atoms with E-state index in [-0.39, 0.29) is 31.0 Å². The number of carbonyl (C=O) groups excluding carboxylic acids is 1. The molecule has 1 aliphatic rings. The molecule has 0 saturated carbocycles. The molecule has 3 rings (SSSR count). The highest BCUT2D eigenvalue weighted by Crippen LogP contribution is 2.36. The van der Waals surface area contributed by atoms with Gasteiger partial charge in [-0.05, 0) is 74.4 Å². The molecule has 0 aromatic heterocycles. The number of amides is 1. The molecule has 30 heavy (non-hydrogen) atoms. The minimum atomic E-state index is -0.740. The molecule has 4 nitrogen and oxygen atoms in total. The molecule has 6 heteroatoms. The first-order chi connectivity index (χ1) is 14.1. The van der Waals surface area contributed by atoms with Crippen molar-refractivity contribution in [1.29, 1.82) is 0 Å². The van der Waals surface area contributed by atoms with Crippen molar-refractivity contribution in [3.05, 3.63) is 68.7 Å². The van der Waals surface area contributed by atoms with E-state index in [0.29, 0.717) is 28.5 Å². The molecule has 2 aromatic carbocycles. The number of aryl methyl sites for hydroxylation is 1. The van der Waals surface area contributed by atoms with Crippen molar-refractivity contribution in [2.75, 3.05) is 6.61 Å². The maximum absolute atomic E-state index is 13.3. The molecular formula is C24H29Cl2NO3. The van der Waals surface area contributed by atoms with Gasteiger partial charge in [0.1, 0.15) is 0 Å². The molecule has 0 unspecified atom stereocenters. The quantitative estimate of drug-likeness (QED) is 0.668. The molecule has 0 aliphatic carbocycles. The molecule has 2 atom stereocenters. The van der Waals surface area contributed by atoms with Gasteiger partial charge in [0.15, 0.2) is 0 Å². The zero-order chi connectivity index (χ0) is 22.1. The molecule has 1 aliphatic heterocycles. The highest BCUT2D eigenvalue weighted by atomic mass is 35.5. The summed E-state index contributed by atoms with van der Waals surface area (Å²) in [5.74, 6) is -0.107. The lowest BCUT2D eigenvalue weighted by Gasteiger charge is -2.42. The summed E-state index contributed by atoms with van der Waals surface area (Å²) >= 11 is 12.5. The number of halogens is 2. The Morgan fingerprint density at radius 1 is 1.17 bits per heavy atom. The lowest BCUT2D eigenvalue weighted by atomic mass is 9.83. The monoisotopic (exact) mass is 449 g/mol. The molecule has 0 bridgehead atoms. The summed E-state index contributed by atoms with van der Waals surface area (Å²) < 4.78 is 0. The molecule has 0 fully saturated rings. The number of hydrogen-bond donors (Lipinski definition) is 2. The van der Waals surface area contributed by atoms with Crippen LogP contribution in [0.25, 0.3) is 0 Å². The average Bonchev–Trinajstić information content (AvgIpc) is 2.68. The van der Waals surface area contributed by atoms with E-state index in [1.54, 1.807) is 23.1 Å². The van der Waals surface area contributed by atoms with Crippen molar-refractivity contribution >= 4 is 29.1 Å². The average molecular weight is 450 g/mol. The SMILES string of the molecule is C[C@H]1c2cccc(CCC(C)(C)O)c2C[C@H](CO)N1C(=O)Cc1c(Cl)cccc1Cl. The topological polar surface area (TPSA) is 60.8 Å². The van der Waals surface area contributed by atoms with Gasteiger partial charge in [-0.2, -0.15) is 0 Å². The van der Waals surface area contributed by atoms with E-state index < -0.39 is 5.60 Å². The van der Waals surface area contributed by atoms with Gasteiger partial charge in [0.2, 0.25) is 5.91 Å². The van der Waals surface area contributed by atoms with Crippen LogP contribution in [0.15, 0.2) is 36.4 Å². The van der Waals surface area contributed by atoms with E-state index in [4.69, 9.17) is 23.2 Å². The smallest absolute Gasteiger partial charge is 0.227 e. The summed E-state index contributed by atoms with van der Waals surface area (Å²) in [4.78, 5) is 15.0. The fraction of sp³-hybridized carbons (Fsp3) is 0.458.